The summed E-state index contributed by atoms with van der Waals surface area (Å²) >= 11 is 0. The van der Waals surface area contributed by atoms with Gasteiger partial charge in [-0.1, -0.05) is 48.5 Å². The molecule has 2 N–H and O–H groups in total. The number of nitrogens with one attached hydrogen (secondary N) is 2. The minimum atomic E-state index is -0.444. The Labute approximate surface area is 200 Å². The van der Waals surface area contributed by atoms with Crippen LogP contribution < -0.4 is 4.74 Å². The summed E-state index contributed by atoms with van der Waals surface area (Å²) in [7, 11) is 1.58. The lowest BCUT2D eigenvalue weighted by atomic mass is 9.91. The fraction of sp³-hybridized carbons (Fsp3) is 0.103. The molecule has 0 unspecified atom stereocenters. The standard InChI is InChI=1S/C29H22N2O4/c1-3-35-29(33)25-26-22(18-11-4-6-13-20(18)30-26)24(28(32)16-9-8-10-17(15-16)34-2)23-19-12-5-7-14-21(19)31-27(23)25/h4-15,30-31H,3H2,1-2H3. The quantitative estimate of drug-likeness (QED) is 0.230. The van der Waals surface area contributed by atoms with Gasteiger partial charge < -0.3 is 19.4 Å². The Morgan fingerprint density at radius 2 is 1.37 bits per heavy atom. The van der Waals surface area contributed by atoms with E-state index in [9.17, 15) is 9.59 Å². The molecule has 0 spiro atoms. The number of methoxy groups -OCH3 is 1. The number of rotatable bonds is 5. The smallest absolute Gasteiger partial charge is 0.342 e. The maximum Gasteiger partial charge on any atom is 0.342 e. The van der Waals surface area contributed by atoms with Gasteiger partial charge in [0.1, 0.15) is 11.3 Å². The van der Waals surface area contributed by atoms with E-state index in [4.69, 9.17) is 9.47 Å². The van der Waals surface area contributed by atoms with E-state index in [0.29, 0.717) is 44.2 Å². The number of benzene rings is 4. The first-order valence-electron chi connectivity index (χ1n) is 11.4. The fourth-order valence-electron chi connectivity index (χ4n) is 4.97. The van der Waals surface area contributed by atoms with Crippen LogP contribution in [0.4, 0.5) is 0 Å². The summed E-state index contributed by atoms with van der Waals surface area (Å²) in [6, 6.07) is 22.7. The zero-order chi connectivity index (χ0) is 24.1. The molecule has 0 aliphatic carbocycles. The van der Waals surface area contributed by atoms with Crippen molar-refractivity contribution in [2.24, 2.45) is 0 Å². The molecule has 0 saturated carbocycles. The minimum Gasteiger partial charge on any atom is -0.497 e. The van der Waals surface area contributed by atoms with Crippen molar-refractivity contribution in [1.82, 2.24) is 9.97 Å². The first-order chi connectivity index (χ1) is 17.1. The highest BCUT2D eigenvalue weighted by Crippen LogP contribution is 2.41. The molecule has 0 atom stereocenters. The van der Waals surface area contributed by atoms with Crippen LogP contribution in [-0.2, 0) is 4.74 Å². The number of para-hydroxylation sites is 2. The maximum atomic E-state index is 14.2. The van der Waals surface area contributed by atoms with E-state index < -0.39 is 5.97 Å². The molecule has 6 nitrogen and oxygen atoms in total. The van der Waals surface area contributed by atoms with Gasteiger partial charge in [-0.15, -0.1) is 0 Å². The number of H-pyrrole nitrogens is 2. The van der Waals surface area contributed by atoms with Crippen LogP contribution in [0, 0.1) is 0 Å². The number of ketones is 1. The SMILES string of the molecule is CCOC(=O)c1c2[nH]c3ccccc3c2c(C(=O)c2cccc(OC)c2)c2c1[nH]c1ccccc12. The van der Waals surface area contributed by atoms with Crippen LogP contribution in [0.3, 0.4) is 0 Å². The van der Waals surface area contributed by atoms with Crippen molar-refractivity contribution in [2.75, 3.05) is 13.7 Å². The third-order valence-corrected chi connectivity index (χ3v) is 6.45. The second-order valence-corrected chi connectivity index (χ2v) is 8.37. The van der Waals surface area contributed by atoms with Crippen LogP contribution in [0.15, 0.2) is 72.8 Å². The number of esters is 1. The number of carbonyl (C=O) groups is 2. The van der Waals surface area contributed by atoms with Gasteiger partial charge >= 0.3 is 5.97 Å². The van der Waals surface area contributed by atoms with E-state index in [-0.39, 0.29) is 12.4 Å². The average molecular weight is 463 g/mol. The van der Waals surface area contributed by atoms with Crippen LogP contribution >= 0.6 is 0 Å². The average Bonchev–Trinajstić information content (AvgIpc) is 3.45. The van der Waals surface area contributed by atoms with E-state index in [0.717, 1.165) is 21.8 Å². The number of fused-ring (bicyclic) bond motifs is 6. The van der Waals surface area contributed by atoms with Gasteiger partial charge in [0.15, 0.2) is 5.78 Å². The zero-order valence-corrected chi connectivity index (χ0v) is 19.3. The Kier molecular flexibility index (Phi) is 4.81. The van der Waals surface area contributed by atoms with Crippen molar-refractivity contribution in [1.29, 1.82) is 0 Å². The van der Waals surface area contributed by atoms with Crippen molar-refractivity contribution in [3.8, 4) is 5.75 Å². The molecule has 6 rings (SSSR count). The van der Waals surface area contributed by atoms with Crippen molar-refractivity contribution in [2.45, 2.75) is 6.92 Å². The van der Waals surface area contributed by atoms with Gasteiger partial charge in [-0.05, 0) is 31.2 Å². The molecule has 6 aromatic rings. The molecular formula is C29H22N2O4. The molecule has 0 amide bonds. The lowest BCUT2D eigenvalue weighted by molar-refractivity contribution is 0.0530. The highest BCUT2D eigenvalue weighted by atomic mass is 16.5. The van der Waals surface area contributed by atoms with E-state index >= 15 is 0 Å². The van der Waals surface area contributed by atoms with Gasteiger partial charge in [0, 0.05) is 43.7 Å². The van der Waals surface area contributed by atoms with Crippen LogP contribution in [0.5, 0.6) is 5.75 Å². The number of aromatic amines is 2. The molecule has 0 bridgehead atoms. The van der Waals surface area contributed by atoms with Crippen LogP contribution in [-0.4, -0.2) is 35.4 Å². The fourth-order valence-corrected chi connectivity index (χ4v) is 4.97. The molecule has 2 aromatic heterocycles. The van der Waals surface area contributed by atoms with Gasteiger partial charge in [-0.2, -0.15) is 0 Å². The molecule has 172 valence electrons. The molecule has 4 aromatic carbocycles. The minimum absolute atomic E-state index is 0.149. The summed E-state index contributed by atoms with van der Waals surface area (Å²) in [5.74, 6) is 0.00846. The Hall–Kier alpha value is -4.58. The Balaban J connectivity index is 1.85. The third kappa shape index (κ3) is 3.10. The van der Waals surface area contributed by atoms with Crippen LogP contribution in [0.1, 0.15) is 33.2 Å². The van der Waals surface area contributed by atoms with E-state index in [1.807, 2.05) is 54.6 Å². The van der Waals surface area contributed by atoms with Crippen LogP contribution in [0.2, 0.25) is 0 Å². The summed E-state index contributed by atoms with van der Waals surface area (Å²) in [6.07, 6.45) is 0. The molecular weight excluding hydrogens is 440 g/mol. The second kappa shape index (κ2) is 8.02. The van der Waals surface area contributed by atoms with Gasteiger partial charge in [0.25, 0.3) is 0 Å². The third-order valence-electron chi connectivity index (χ3n) is 6.45. The van der Waals surface area contributed by atoms with E-state index in [2.05, 4.69) is 9.97 Å². The molecule has 0 aliphatic rings. The highest BCUT2D eigenvalue weighted by Gasteiger charge is 2.29. The molecule has 0 aliphatic heterocycles. The van der Waals surface area contributed by atoms with Crippen molar-refractivity contribution in [3.05, 3.63) is 89.5 Å². The monoisotopic (exact) mass is 462 g/mol. The van der Waals surface area contributed by atoms with Crippen molar-refractivity contribution < 1.29 is 19.1 Å². The number of hydrogen-bond donors (Lipinski definition) is 2. The number of aromatic nitrogens is 2. The van der Waals surface area contributed by atoms with Crippen molar-refractivity contribution >= 4 is 55.4 Å². The topological polar surface area (TPSA) is 84.2 Å². The molecule has 0 fully saturated rings. The summed E-state index contributed by atoms with van der Waals surface area (Å²) in [4.78, 5) is 34.3. The zero-order valence-electron chi connectivity index (χ0n) is 19.3. The number of carbonyl (C=O) groups excluding carboxylic acids is 2. The van der Waals surface area contributed by atoms with Gasteiger partial charge in [0.05, 0.1) is 24.8 Å². The Morgan fingerprint density at radius 1 is 0.771 bits per heavy atom. The predicted molar refractivity (Wildman–Crippen MR) is 138 cm³/mol. The van der Waals surface area contributed by atoms with Gasteiger partial charge in [-0.3, -0.25) is 4.79 Å². The molecule has 2 heterocycles. The van der Waals surface area contributed by atoms with Gasteiger partial charge in [-0.25, -0.2) is 4.79 Å². The maximum absolute atomic E-state index is 14.2. The summed E-state index contributed by atoms with van der Waals surface area (Å²) in [6.45, 7) is 2.02. The molecule has 6 heteroatoms. The largest absolute Gasteiger partial charge is 0.497 e. The van der Waals surface area contributed by atoms with E-state index in [1.54, 1.807) is 32.2 Å². The molecule has 35 heavy (non-hydrogen) atoms. The highest BCUT2D eigenvalue weighted by molar-refractivity contribution is 6.36. The molecule has 0 radical (unpaired) electrons. The first-order valence-corrected chi connectivity index (χ1v) is 11.4. The second-order valence-electron chi connectivity index (χ2n) is 8.37. The predicted octanol–water partition coefficient (Wildman–Crippen LogP) is 6.37. The Bertz CT molecular complexity index is 1700. The summed E-state index contributed by atoms with van der Waals surface area (Å²) in [5.41, 5.74) is 4.27. The summed E-state index contributed by atoms with van der Waals surface area (Å²) in [5, 5.41) is 3.14. The number of hydrogen-bond acceptors (Lipinski definition) is 4. The number of ether oxygens (including phenoxy) is 2. The van der Waals surface area contributed by atoms with Crippen LogP contribution in [0.25, 0.3) is 43.6 Å². The van der Waals surface area contributed by atoms with Gasteiger partial charge in [0.2, 0.25) is 0 Å². The lowest BCUT2D eigenvalue weighted by Gasteiger charge is -2.12. The summed E-state index contributed by atoms with van der Waals surface area (Å²) < 4.78 is 10.8. The van der Waals surface area contributed by atoms with Crippen molar-refractivity contribution in [3.63, 3.8) is 0 Å². The van der Waals surface area contributed by atoms with E-state index in [1.165, 1.54) is 0 Å². The molecule has 0 saturated heterocycles. The Morgan fingerprint density at radius 3 is 1.94 bits per heavy atom. The lowest BCUT2D eigenvalue weighted by Crippen LogP contribution is -2.10. The first kappa shape index (κ1) is 21.0. The normalized spacial score (nSPS) is 11.5.